The maximum atomic E-state index is 12.1. The number of hydrogen-bond acceptors (Lipinski definition) is 3. The molecule has 3 N–H and O–H groups in total. The summed E-state index contributed by atoms with van der Waals surface area (Å²) >= 11 is 3.30. The van der Waals surface area contributed by atoms with Gasteiger partial charge in [0.1, 0.15) is 6.10 Å². The fourth-order valence-electron chi connectivity index (χ4n) is 1.96. The van der Waals surface area contributed by atoms with E-state index in [0.29, 0.717) is 11.1 Å². The summed E-state index contributed by atoms with van der Waals surface area (Å²) in [7, 11) is 0. The summed E-state index contributed by atoms with van der Waals surface area (Å²) in [5, 5.41) is 22.3. The quantitative estimate of drug-likeness (QED) is 0.775. The number of hydrogen-bond donors (Lipinski definition) is 3. The van der Waals surface area contributed by atoms with Gasteiger partial charge in [0.15, 0.2) is 0 Å². The second kappa shape index (κ2) is 7.36. The molecular weight excluding hydrogens is 334 g/mol. The molecule has 0 bridgehead atoms. The molecule has 5 heteroatoms. The Kier molecular flexibility index (Phi) is 5.50. The summed E-state index contributed by atoms with van der Waals surface area (Å²) < 4.78 is 0.877. The van der Waals surface area contributed by atoms with E-state index in [2.05, 4.69) is 21.2 Å². The van der Waals surface area contributed by atoms with Gasteiger partial charge in [-0.15, -0.1) is 0 Å². The molecule has 0 aliphatic heterocycles. The van der Waals surface area contributed by atoms with Crippen LogP contribution in [0.2, 0.25) is 0 Å². The minimum absolute atomic E-state index is 0.337. The first-order valence-electron chi connectivity index (χ1n) is 6.52. The van der Waals surface area contributed by atoms with Crippen LogP contribution in [-0.4, -0.2) is 28.8 Å². The van der Waals surface area contributed by atoms with Gasteiger partial charge in [0, 0.05) is 10.0 Å². The Balaban J connectivity index is 2.08. The average molecular weight is 350 g/mol. The fraction of sp³-hybridized carbons (Fsp3) is 0.188. The lowest BCUT2D eigenvalue weighted by atomic mass is 10.0. The zero-order valence-corrected chi connectivity index (χ0v) is 12.8. The Labute approximate surface area is 131 Å². The fourth-order valence-corrected chi connectivity index (χ4v) is 2.22. The highest BCUT2D eigenvalue weighted by Gasteiger charge is 2.22. The van der Waals surface area contributed by atoms with Crippen LogP contribution in [0.5, 0.6) is 0 Å². The van der Waals surface area contributed by atoms with Crippen LogP contribution in [0, 0.1) is 0 Å². The minimum Gasteiger partial charge on any atom is -0.394 e. The highest BCUT2D eigenvalue weighted by molar-refractivity contribution is 9.10. The smallest absolute Gasteiger partial charge is 0.251 e. The summed E-state index contributed by atoms with van der Waals surface area (Å²) in [5.74, 6) is -0.337. The Morgan fingerprint density at radius 2 is 1.71 bits per heavy atom. The average Bonchev–Trinajstić information content (AvgIpc) is 2.53. The van der Waals surface area contributed by atoms with E-state index in [9.17, 15) is 15.0 Å². The van der Waals surface area contributed by atoms with Gasteiger partial charge in [-0.3, -0.25) is 4.79 Å². The monoisotopic (exact) mass is 349 g/mol. The number of carbonyl (C=O) groups is 1. The lowest BCUT2D eigenvalue weighted by Crippen LogP contribution is -2.41. The van der Waals surface area contributed by atoms with Gasteiger partial charge in [0.2, 0.25) is 0 Å². The molecule has 1 amide bonds. The molecule has 2 aromatic rings. The third-order valence-corrected chi connectivity index (χ3v) is 3.67. The number of benzene rings is 2. The van der Waals surface area contributed by atoms with E-state index >= 15 is 0 Å². The van der Waals surface area contributed by atoms with Gasteiger partial charge in [-0.25, -0.2) is 0 Å². The molecule has 2 atom stereocenters. The van der Waals surface area contributed by atoms with Crippen LogP contribution in [0.1, 0.15) is 22.0 Å². The molecule has 2 rings (SSSR count). The molecule has 0 saturated carbocycles. The molecule has 0 aliphatic rings. The van der Waals surface area contributed by atoms with Crippen molar-refractivity contribution in [2.45, 2.75) is 12.1 Å². The SMILES string of the molecule is O=C(N[C@@H](CO)[C@@H](O)c1ccccc1)c1ccc(Br)cc1. The normalized spacial score (nSPS) is 13.5. The van der Waals surface area contributed by atoms with Crippen molar-refractivity contribution < 1.29 is 15.0 Å². The molecular formula is C16H16BrNO3. The predicted molar refractivity (Wildman–Crippen MR) is 83.9 cm³/mol. The van der Waals surface area contributed by atoms with Crippen molar-refractivity contribution in [2.75, 3.05) is 6.61 Å². The Hall–Kier alpha value is -1.69. The van der Waals surface area contributed by atoms with E-state index in [1.807, 2.05) is 6.07 Å². The van der Waals surface area contributed by atoms with Crippen LogP contribution in [-0.2, 0) is 0 Å². The predicted octanol–water partition coefficient (Wildman–Crippen LogP) is 2.27. The van der Waals surface area contributed by atoms with E-state index in [-0.39, 0.29) is 12.5 Å². The van der Waals surface area contributed by atoms with Crippen LogP contribution < -0.4 is 5.32 Å². The van der Waals surface area contributed by atoms with Gasteiger partial charge in [0.05, 0.1) is 12.6 Å². The molecule has 0 fully saturated rings. The first-order valence-corrected chi connectivity index (χ1v) is 7.31. The molecule has 0 aromatic heterocycles. The molecule has 110 valence electrons. The number of aliphatic hydroxyl groups excluding tert-OH is 2. The summed E-state index contributed by atoms with van der Waals surface area (Å²) in [4.78, 5) is 12.1. The number of nitrogens with one attached hydrogen (secondary N) is 1. The van der Waals surface area contributed by atoms with Crippen LogP contribution in [0.3, 0.4) is 0 Å². The summed E-state index contributed by atoms with van der Waals surface area (Å²) in [6.45, 7) is -0.349. The number of carbonyl (C=O) groups excluding carboxylic acids is 1. The second-order valence-electron chi connectivity index (χ2n) is 4.62. The van der Waals surface area contributed by atoms with Gasteiger partial charge in [-0.2, -0.15) is 0 Å². The zero-order valence-electron chi connectivity index (χ0n) is 11.2. The standard InChI is InChI=1S/C16H16BrNO3/c17-13-8-6-12(7-9-13)16(21)18-14(10-19)15(20)11-4-2-1-3-5-11/h1-9,14-15,19-20H,10H2,(H,18,21)/t14-,15-/m0/s1. The van der Waals surface area contributed by atoms with Crippen molar-refractivity contribution in [3.63, 3.8) is 0 Å². The van der Waals surface area contributed by atoms with E-state index in [1.165, 1.54) is 0 Å². The van der Waals surface area contributed by atoms with Crippen molar-refractivity contribution in [3.8, 4) is 0 Å². The first-order chi connectivity index (χ1) is 10.1. The molecule has 0 unspecified atom stereocenters. The van der Waals surface area contributed by atoms with Gasteiger partial charge in [-0.1, -0.05) is 46.3 Å². The van der Waals surface area contributed by atoms with E-state index in [4.69, 9.17) is 0 Å². The van der Waals surface area contributed by atoms with Crippen molar-refractivity contribution >= 4 is 21.8 Å². The molecule has 21 heavy (non-hydrogen) atoms. The maximum Gasteiger partial charge on any atom is 0.251 e. The minimum atomic E-state index is -0.962. The third-order valence-electron chi connectivity index (χ3n) is 3.14. The van der Waals surface area contributed by atoms with Gasteiger partial charge in [0.25, 0.3) is 5.91 Å². The van der Waals surface area contributed by atoms with Crippen molar-refractivity contribution in [1.82, 2.24) is 5.32 Å². The third kappa shape index (κ3) is 4.14. The van der Waals surface area contributed by atoms with Crippen molar-refractivity contribution in [3.05, 3.63) is 70.2 Å². The first kappa shape index (κ1) is 15.7. The van der Waals surface area contributed by atoms with E-state index < -0.39 is 12.1 Å². The van der Waals surface area contributed by atoms with Gasteiger partial charge in [-0.05, 0) is 29.8 Å². The number of halogens is 1. The largest absolute Gasteiger partial charge is 0.394 e. The van der Waals surface area contributed by atoms with Crippen LogP contribution >= 0.6 is 15.9 Å². The summed E-state index contributed by atoms with van der Waals surface area (Å²) in [6.07, 6.45) is -0.962. The lowest BCUT2D eigenvalue weighted by molar-refractivity contribution is 0.0703. The van der Waals surface area contributed by atoms with Crippen LogP contribution in [0.25, 0.3) is 0 Å². The number of amides is 1. The highest BCUT2D eigenvalue weighted by Crippen LogP contribution is 2.17. The number of aliphatic hydroxyl groups is 2. The molecule has 0 saturated heterocycles. The molecule has 2 aromatic carbocycles. The van der Waals surface area contributed by atoms with E-state index in [1.54, 1.807) is 48.5 Å². The van der Waals surface area contributed by atoms with Crippen LogP contribution in [0.4, 0.5) is 0 Å². The Morgan fingerprint density at radius 1 is 1.10 bits per heavy atom. The van der Waals surface area contributed by atoms with Crippen molar-refractivity contribution in [1.29, 1.82) is 0 Å². The second-order valence-corrected chi connectivity index (χ2v) is 5.54. The maximum absolute atomic E-state index is 12.1. The van der Waals surface area contributed by atoms with Crippen LogP contribution in [0.15, 0.2) is 59.1 Å². The lowest BCUT2D eigenvalue weighted by Gasteiger charge is -2.22. The summed E-state index contributed by atoms with van der Waals surface area (Å²) in [6, 6.07) is 15.0. The molecule has 0 heterocycles. The van der Waals surface area contributed by atoms with Gasteiger partial charge < -0.3 is 15.5 Å². The zero-order chi connectivity index (χ0) is 15.2. The molecule has 0 aliphatic carbocycles. The highest BCUT2D eigenvalue weighted by atomic mass is 79.9. The van der Waals surface area contributed by atoms with E-state index in [0.717, 1.165) is 4.47 Å². The molecule has 0 radical (unpaired) electrons. The molecule has 4 nitrogen and oxygen atoms in total. The number of rotatable bonds is 5. The summed E-state index contributed by atoms with van der Waals surface area (Å²) in [5.41, 5.74) is 1.12. The Morgan fingerprint density at radius 3 is 2.29 bits per heavy atom. The Bertz CT molecular complexity index is 586. The van der Waals surface area contributed by atoms with Crippen molar-refractivity contribution in [2.24, 2.45) is 0 Å². The van der Waals surface area contributed by atoms with Gasteiger partial charge >= 0.3 is 0 Å². The topological polar surface area (TPSA) is 69.6 Å². The molecule has 0 spiro atoms.